The van der Waals surface area contributed by atoms with Crippen molar-refractivity contribution in [2.45, 2.75) is 103 Å². The average Bonchev–Trinajstić information content (AvgIpc) is 3.13. The van der Waals surface area contributed by atoms with Crippen LogP contribution in [0.4, 0.5) is 0 Å². The molecule has 0 saturated carbocycles. The lowest BCUT2D eigenvalue weighted by Crippen LogP contribution is -2.67. The summed E-state index contributed by atoms with van der Waals surface area (Å²) < 4.78 is 67.6. The van der Waals surface area contributed by atoms with Crippen molar-refractivity contribution in [3.8, 4) is 11.5 Å². The van der Waals surface area contributed by atoms with Gasteiger partial charge >= 0.3 is 11.9 Å². The largest absolute Gasteiger partial charge is 0.497 e. The summed E-state index contributed by atoms with van der Waals surface area (Å²) >= 11 is 0. The Balaban J connectivity index is 2.18. The van der Waals surface area contributed by atoms with Crippen LogP contribution < -0.4 is 9.47 Å². The van der Waals surface area contributed by atoms with Crippen LogP contribution in [0.2, 0.25) is 0 Å². The molecule has 10 atom stereocenters. The van der Waals surface area contributed by atoms with Crippen molar-refractivity contribution in [2.75, 3.05) is 46.8 Å². The highest BCUT2D eigenvalue weighted by Crippen LogP contribution is 2.36. The maximum atomic E-state index is 13.6. The van der Waals surface area contributed by atoms with Crippen molar-refractivity contribution in [1.82, 2.24) is 0 Å². The topological polar surface area (TPSA) is 156 Å². The minimum absolute atomic E-state index is 0.000644. The molecule has 0 bridgehead atoms. The Kier molecular flexibility index (Phi) is 18.0. The third-order valence-corrected chi connectivity index (χ3v) is 8.37. The molecule has 1 aromatic carbocycles. The van der Waals surface area contributed by atoms with Gasteiger partial charge in [0.2, 0.25) is 6.29 Å². The molecular formula is C41H60O14. The molecule has 2 heterocycles. The van der Waals surface area contributed by atoms with Crippen molar-refractivity contribution < 1.29 is 66.8 Å². The summed E-state index contributed by atoms with van der Waals surface area (Å²) in [6, 6.07) is 6.79. The van der Waals surface area contributed by atoms with E-state index >= 15 is 0 Å². The number of aliphatic hydroxyl groups excluding tert-OH is 1. The number of rotatable bonds is 21. The van der Waals surface area contributed by atoms with Gasteiger partial charge in [-0.1, -0.05) is 24.3 Å². The SMILES string of the molecule is C=CCOC[C@H]1O[C@@H](O[C@@H]2[C@H](OCC=C)[C@@H](OC(=O)C(C)(C)C)[C@H](Oc3ccc(OC)cc3)O[C@@H]2COCC=C)[C@H](OC(=O)C(C)(C)C)[C@@H](OCC=C)[C@H]1O. The van der Waals surface area contributed by atoms with Crippen LogP contribution in [0.25, 0.3) is 0 Å². The number of carbonyl (C=O) groups excluding carboxylic acids is 2. The second-order valence-electron chi connectivity index (χ2n) is 15.0. The van der Waals surface area contributed by atoms with E-state index in [1.807, 2.05) is 0 Å². The van der Waals surface area contributed by atoms with Crippen LogP contribution in [0.15, 0.2) is 74.9 Å². The molecule has 14 heteroatoms. The van der Waals surface area contributed by atoms with E-state index in [4.69, 9.17) is 52.1 Å². The van der Waals surface area contributed by atoms with Crippen molar-refractivity contribution in [3.05, 3.63) is 74.9 Å². The van der Waals surface area contributed by atoms with E-state index in [1.54, 1.807) is 85.1 Å². The third-order valence-electron chi connectivity index (χ3n) is 8.37. The second kappa shape index (κ2) is 21.6. The summed E-state index contributed by atoms with van der Waals surface area (Å²) in [6.45, 7) is 25.4. The van der Waals surface area contributed by atoms with Gasteiger partial charge in [-0.05, 0) is 65.8 Å². The minimum atomic E-state index is -1.41. The average molecular weight is 777 g/mol. The number of aliphatic hydroxyl groups is 1. The van der Waals surface area contributed by atoms with Gasteiger partial charge < -0.3 is 57.2 Å². The van der Waals surface area contributed by atoms with Crippen molar-refractivity contribution >= 4 is 11.9 Å². The van der Waals surface area contributed by atoms with Gasteiger partial charge in [0.1, 0.15) is 48.1 Å². The summed E-state index contributed by atoms with van der Waals surface area (Å²) in [5, 5.41) is 11.5. The number of esters is 2. The summed E-state index contributed by atoms with van der Waals surface area (Å²) in [7, 11) is 1.55. The van der Waals surface area contributed by atoms with Crippen molar-refractivity contribution in [1.29, 1.82) is 0 Å². The first kappa shape index (κ1) is 45.8. The highest BCUT2D eigenvalue weighted by Gasteiger charge is 2.56. The van der Waals surface area contributed by atoms with E-state index in [1.165, 1.54) is 12.2 Å². The number of ether oxygens (including phenoxy) is 11. The van der Waals surface area contributed by atoms with E-state index in [0.717, 1.165) is 0 Å². The second-order valence-corrected chi connectivity index (χ2v) is 15.0. The molecule has 0 unspecified atom stereocenters. The fourth-order valence-electron chi connectivity index (χ4n) is 5.48. The molecule has 0 amide bonds. The first-order valence-electron chi connectivity index (χ1n) is 18.3. The molecular weight excluding hydrogens is 716 g/mol. The number of carbonyl (C=O) groups is 2. The third kappa shape index (κ3) is 13.2. The zero-order chi connectivity index (χ0) is 40.8. The molecule has 14 nitrogen and oxygen atoms in total. The monoisotopic (exact) mass is 776 g/mol. The number of methoxy groups -OCH3 is 1. The molecule has 2 aliphatic rings. The van der Waals surface area contributed by atoms with Gasteiger partial charge in [0, 0.05) is 0 Å². The lowest BCUT2D eigenvalue weighted by Gasteiger charge is -2.49. The summed E-state index contributed by atoms with van der Waals surface area (Å²) in [5.41, 5.74) is -1.89. The van der Waals surface area contributed by atoms with Crippen molar-refractivity contribution in [2.24, 2.45) is 10.8 Å². The minimum Gasteiger partial charge on any atom is -0.497 e. The Morgan fingerprint density at radius 2 is 1.11 bits per heavy atom. The standard InChI is InChI=1S/C41H60O14/c1-12-20-46-24-28-30(42)32(48-22-14-3)34(54-38(43)40(5,6)7)37(51-28)53-31-29(25-47-21-13-2)52-36(50-27-18-16-26(45-11)17-19-27)35(33(31)49-23-15-4)55-39(44)41(8,9)10/h12-19,28-37,42H,1-4,20-25H2,5-11H3/t28-,29-,30+,31+,32+,33+,34-,35-,36-,37+/m1/s1. The summed E-state index contributed by atoms with van der Waals surface area (Å²) in [6.07, 6.45) is -5.78. The van der Waals surface area contributed by atoms with Gasteiger partial charge in [-0.2, -0.15) is 0 Å². The van der Waals surface area contributed by atoms with E-state index in [0.29, 0.717) is 11.5 Å². The highest BCUT2D eigenvalue weighted by molar-refractivity contribution is 5.76. The molecule has 0 radical (unpaired) electrons. The van der Waals surface area contributed by atoms with E-state index < -0.39 is 84.2 Å². The van der Waals surface area contributed by atoms with Crippen molar-refractivity contribution in [3.63, 3.8) is 0 Å². The molecule has 3 rings (SSSR count). The first-order chi connectivity index (χ1) is 26.1. The van der Waals surface area contributed by atoms with E-state index in [-0.39, 0.29) is 39.6 Å². The summed E-state index contributed by atoms with van der Waals surface area (Å²) in [4.78, 5) is 27.0. The Morgan fingerprint density at radius 1 is 0.655 bits per heavy atom. The number of benzene rings is 1. The normalized spacial score (nSPS) is 28.4. The van der Waals surface area contributed by atoms with Crippen LogP contribution in [-0.2, 0) is 52.2 Å². The quantitative estimate of drug-likeness (QED) is 0.104. The fraction of sp³-hybridized carbons (Fsp3) is 0.610. The lowest BCUT2D eigenvalue weighted by atomic mass is 9.94. The highest BCUT2D eigenvalue weighted by atomic mass is 16.8. The smallest absolute Gasteiger partial charge is 0.311 e. The molecule has 1 aromatic rings. The van der Waals surface area contributed by atoms with Crippen LogP contribution in [0.5, 0.6) is 11.5 Å². The Bertz CT molecular complexity index is 1380. The number of hydrogen-bond acceptors (Lipinski definition) is 14. The molecule has 1 N–H and O–H groups in total. The first-order valence-corrected chi connectivity index (χ1v) is 18.3. The number of hydrogen-bond donors (Lipinski definition) is 1. The van der Waals surface area contributed by atoms with E-state index in [2.05, 4.69) is 26.3 Å². The molecule has 2 aliphatic heterocycles. The van der Waals surface area contributed by atoms with Crippen LogP contribution in [-0.4, -0.2) is 125 Å². The molecule has 0 aliphatic carbocycles. The zero-order valence-electron chi connectivity index (χ0n) is 33.2. The maximum absolute atomic E-state index is 13.6. The fourth-order valence-corrected chi connectivity index (χ4v) is 5.48. The van der Waals surface area contributed by atoms with Gasteiger partial charge in [0.15, 0.2) is 18.5 Å². The van der Waals surface area contributed by atoms with Gasteiger partial charge in [0.05, 0.1) is 57.6 Å². The molecule has 0 spiro atoms. The zero-order valence-corrected chi connectivity index (χ0v) is 33.2. The van der Waals surface area contributed by atoms with Gasteiger partial charge in [-0.25, -0.2) is 0 Å². The van der Waals surface area contributed by atoms with E-state index in [9.17, 15) is 14.7 Å². The van der Waals surface area contributed by atoms with Crippen LogP contribution >= 0.6 is 0 Å². The summed E-state index contributed by atoms with van der Waals surface area (Å²) in [5.74, 6) is -0.181. The van der Waals surface area contributed by atoms with Gasteiger partial charge in [0.25, 0.3) is 0 Å². The Morgan fingerprint density at radius 3 is 1.60 bits per heavy atom. The van der Waals surface area contributed by atoms with Crippen LogP contribution in [0, 0.1) is 10.8 Å². The molecule has 0 aromatic heterocycles. The molecule has 55 heavy (non-hydrogen) atoms. The lowest BCUT2D eigenvalue weighted by molar-refractivity contribution is -0.360. The van der Waals surface area contributed by atoms with Crippen LogP contribution in [0.3, 0.4) is 0 Å². The molecule has 2 fully saturated rings. The molecule has 308 valence electrons. The predicted octanol–water partition coefficient (Wildman–Crippen LogP) is 4.73. The van der Waals surface area contributed by atoms with Crippen LogP contribution in [0.1, 0.15) is 41.5 Å². The predicted molar refractivity (Wildman–Crippen MR) is 202 cm³/mol. The van der Waals surface area contributed by atoms with Gasteiger partial charge in [-0.3, -0.25) is 9.59 Å². The van der Waals surface area contributed by atoms with Gasteiger partial charge in [-0.15, -0.1) is 26.3 Å². The molecule has 2 saturated heterocycles. The Hall–Kier alpha value is -3.60. The Labute approximate surface area is 325 Å². The maximum Gasteiger partial charge on any atom is 0.311 e.